The molecule has 3 rings (SSSR count). The average molecular weight is 394 g/mol. The van der Waals surface area contributed by atoms with Gasteiger partial charge >= 0.3 is 12.7 Å². The van der Waals surface area contributed by atoms with Gasteiger partial charge in [0.2, 0.25) is 0 Å². The van der Waals surface area contributed by atoms with E-state index in [1.54, 1.807) is 6.07 Å². The standard InChI is InChI=1S/C19H17F3N2O4/c1-27-19(26)24-8-7-11-5-6-12(20)9-15(11)16(24)17(25)23-13-3-2-4-14(10-13)28-18(21)22/h2-6,9-10,16,18H,7-8H2,1H3,(H,23,25). The van der Waals surface area contributed by atoms with Crippen LogP contribution in [0.3, 0.4) is 0 Å². The van der Waals surface area contributed by atoms with Gasteiger partial charge in [-0.3, -0.25) is 9.69 Å². The van der Waals surface area contributed by atoms with Crippen molar-refractivity contribution >= 4 is 17.7 Å². The molecule has 0 saturated carbocycles. The lowest BCUT2D eigenvalue weighted by atomic mass is 9.92. The summed E-state index contributed by atoms with van der Waals surface area (Å²) in [6.45, 7) is -2.80. The predicted molar refractivity (Wildman–Crippen MR) is 93.7 cm³/mol. The van der Waals surface area contributed by atoms with Gasteiger partial charge in [0.15, 0.2) is 0 Å². The molecule has 2 aromatic carbocycles. The minimum absolute atomic E-state index is 0.132. The Hall–Kier alpha value is -3.23. The molecule has 1 aliphatic rings. The summed E-state index contributed by atoms with van der Waals surface area (Å²) in [7, 11) is 1.18. The van der Waals surface area contributed by atoms with E-state index in [-0.39, 0.29) is 18.0 Å². The summed E-state index contributed by atoms with van der Waals surface area (Å²) in [6.07, 6.45) is -0.295. The average Bonchev–Trinajstić information content (AvgIpc) is 2.66. The van der Waals surface area contributed by atoms with Gasteiger partial charge in [-0.25, -0.2) is 9.18 Å². The van der Waals surface area contributed by atoms with Crippen LogP contribution in [0.1, 0.15) is 17.2 Å². The van der Waals surface area contributed by atoms with Crippen LogP contribution in [0, 0.1) is 5.82 Å². The molecule has 2 aromatic rings. The second-order valence-corrected chi connectivity index (χ2v) is 6.05. The second kappa shape index (κ2) is 8.20. The highest BCUT2D eigenvalue weighted by Gasteiger charge is 2.37. The number of alkyl halides is 2. The predicted octanol–water partition coefficient (Wildman–Crippen LogP) is 3.73. The first-order valence-electron chi connectivity index (χ1n) is 8.37. The third-order valence-corrected chi connectivity index (χ3v) is 4.32. The minimum Gasteiger partial charge on any atom is -0.453 e. The van der Waals surface area contributed by atoms with Gasteiger partial charge in [-0.05, 0) is 41.8 Å². The van der Waals surface area contributed by atoms with Gasteiger partial charge in [-0.2, -0.15) is 8.78 Å². The van der Waals surface area contributed by atoms with Crippen molar-refractivity contribution in [3.63, 3.8) is 0 Å². The molecule has 1 heterocycles. The molecule has 0 spiro atoms. The summed E-state index contributed by atoms with van der Waals surface area (Å²) in [5.41, 5.74) is 1.27. The van der Waals surface area contributed by atoms with Gasteiger partial charge in [0.05, 0.1) is 7.11 Å². The third-order valence-electron chi connectivity index (χ3n) is 4.32. The zero-order valence-corrected chi connectivity index (χ0v) is 14.8. The molecule has 0 bridgehead atoms. The molecule has 0 saturated heterocycles. The Balaban J connectivity index is 1.91. The van der Waals surface area contributed by atoms with Crippen LogP contribution >= 0.6 is 0 Å². The van der Waals surface area contributed by atoms with E-state index in [0.29, 0.717) is 12.0 Å². The number of rotatable bonds is 4. The van der Waals surface area contributed by atoms with Gasteiger partial charge in [0.1, 0.15) is 17.6 Å². The molecule has 28 heavy (non-hydrogen) atoms. The maximum atomic E-state index is 13.8. The topological polar surface area (TPSA) is 67.9 Å². The monoisotopic (exact) mass is 394 g/mol. The fourth-order valence-corrected chi connectivity index (χ4v) is 3.14. The minimum atomic E-state index is -3.01. The van der Waals surface area contributed by atoms with Crippen LogP contribution in [0.2, 0.25) is 0 Å². The van der Waals surface area contributed by atoms with Gasteiger partial charge in [-0.15, -0.1) is 0 Å². The lowest BCUT2D eigenvalue weighted by Gasteiger charge is -2.35. The number of hydrogen-bond acceptors (Lipinski definition) is 4. The number of anilines is 1. The number of amides is 2. The van der Waals surface area contributed by atoms with E-state index in [1.165, 1.54) is 48.4 Å². The molecule has 148 valence electrons. The molecule has 6 nitrogen and oxygen atoms in total. The Morgan fingerprint density at radius 3 is 2.71 bits per heavy atom. The van der Waals surface area contributed by atoms with Crippen molar-refractivity contribution in [2.75, 3.05) is 19.0 Å². The van der Waals surface area contributed by atoms with Crippen LogP contribution in [0.4, 0.5) is 23.7 Å². The zero-order valence-electron chi connectivity index (χ0n) is 14.8. The van der Waals surface area contributed by atoms with Crippen molar-refractivity contribution in [2.45, 2.75) is 19.1 Å². The molecular weight excluding hydrogens is 377 g/mol. The first-order valence-corrected chi connectivity index (χ1v) is 8.37. The number of fused-ring (bicyclic) bond motifs is 1. The van der Waals surface area contributed by atoms with E-state index in [9.17, 15) is 22.8 Å². The van der Waals surface area contributed by atoms with Crippen molar-refractivity contribution in [1.82, 2.24) is 4.90 Å². The van der Waals surface area contributed by atoms with Crippen molar-refractivity contribution in [3.8, 4) is 5.75 Å². The number of benzene rings is 2. The van der Waals surface area contributed by atoms with Gasteiger partial charge in [0.25, 0.3) is 5.91 Å². The summed E-state index contributed by atoms with van der Waals surface area (Å²) >= 11 is 0. The number of methoxy groups -OCH3 is 1. The van der Waals surface area contributed by atoms with E-state index in [1.807, 2.05) is 0 Å². The summed E-state index contributed by atoms with van der Waals surface area (Å²) < 4.78 is 47.6. The second-order valence-electron chi connectivity index (χ2n) is 6.05. The number of nitrogens with one attached hydrogen (secondary N) is 1. The first kappa shape index (κ1) is 19.5. The van der Waals surface area contributed by atoms with Crippen LogP contribution in [0.15, 0.2) is 42.5 Å². The van der Waals surface area contributed by atoms with Crippen LogP contribution in [0.5, 0.6) is 5.75 Å². The fourth-order valence-electron chi connectivity index (χ4n) is 3.14. The number of ether oxygens (including phenoxy) is 2. The molecule has 1 unspecified atom stereocenters. The summed E-state index contributed by atoms with van der Waals surface area (Å²) in [5.74, 6) is -1.31. The zero-order chi connectivity index (χ0) is 20.3. The molecule has 1 aliphatic heterocycles. The largest absolute Gasteiger partial charge is 0.453 e. The van der Waals surface area contributed by atoms with Crippen LogP contribution in [-0.4, -0.2) is 37.2 Å². The van der Waals surface area contributed by atoms with Crippen LogP contribution in [-0.2, 0) is 16.0 Å². The quantitative estimate of drug-likeness (QED) is 0.858. The van der Waals surface area contributed by atoms with Gasteiger partial charge in [-0.1, -0.05) is 12.1 Å². The van der Waals surface area contributed by atoms with Crippen molar-refractivity contribution in [3.05, 3.63) is 59.4 Å². The van der Waals surface area contributed by atoms with Gasteiger partial charge in [0, 0.05) is 18.3 Å². The molecule has 0 aromatic heterocycles. The maximum Gasteiger partial charge on any atom is 0.410 e. The third kappa shape index (κ3) is 4.19. The molecule has 2 amide bonds. The Labute approximate surface area is 158 Å². The summed E-state index contributed by atoms with van der Waals surface area (Å²) in [6, 6.07) is 8.37. The van der Waals surface area contributed by atoms with E-state index >= 15 is 0 Å². The molecule has 1 atom stereocenters. The molecule has 1 N–H and O–H groups in total. The molecule has 9 heteroatoms. The normalized spacial score (nSPS) is 15.8. The SMILES string of the molecule is COC(=O)N1CCc2ccc(F)cc2C1C(=O)Nc1cccc(OC(F)F)c1. The maximum absolute atomic E-state index is 13.8. The molecular formula is C19H17F3N2O4. The van der Waals surface area contributed by atoms with E-state index in [0.717, 1.165) is 5.56 Å². The van der Waals surface area contributed by atoms with E-state index in [2.05, 4.69) is 10.1 Å². The Morgan fingerprint density at radius 1 is 1.21 bits per heavy atom. The lowest BCUT2D eigenvalue weighted by molar-refractivity contribution is -0.121. The summed E-state index contributed by atoms with van der Waals surface area (Å²) in [5, 5.41) is 2.56. The van der Waals surface area contributed by atoms with Gasteiger partial charge < -0.3 is 14.8 Å². The highest BCUT2D eigenvalue weighted by Crippen LogP contribution is 2.32. The highest BCUT2D eigenvalue weighted by atomic mass is 19.3. The number of carbonyl (C=O) groups excluding carboxylic acids is 2. The lowest BCUT2D eigenvalue weighted by Crippen LogP contribution is -2.45. The van der Waals surface area contributed by atoms with Crippen molar-refractivity contribution in [2.24, 2.45) is 0 Å². The number of hydrogen-bond donors (Lipinski definition) is 1. The summed E-state index contributed by atoms with van der Waals surface area (Å²) in [4.78, 5) is 26.3. The molecule has 0 aliphatic carbocycles. The van der Waals surface area contributed by atoms with Crippen LogP contribution < -0.4 is 10.1 Å². The number of carbonyl (C=O) groups is 2. The number of halogens is 3. The Kier molecular flexibility index (Phi) is 5.72. The molecule has 0 fully saturated rings. The van der Waals surface area contributed by atoms with Crippen molar-refractivity contribution < 1.29 is 32.2 Å². The Morgan fingerprint density at radius 2 is 2.00 bits per heavy atom. The highest BCUT2D eigenvalue weighted by molar-refractivity contribution is 5.97. The Bertz CT molecular complexity index is 891. The smallest absolute Gasteiger partial charge is 0.410 e. The van der Waals surface area contributed by atoms with Crippen molar-refractivity contribution in [1.29, 1.82) is 0 Å². The first-order chi connectivity index (χ1) is 13.4. The van der Waals surface area contributed by atoms with E-state index < -0.39 is 30.5 Å². The van der Waals surface area contributed by atoms with Crippen LogP contribution in [0.25, 0.3) is 0 Å². The molecule has 0 radical (unpaired) electrons. The fraction of sp³-hybridized carbons (Fsp3) is 0.263. The van der Waals surface area contributed by atoms with E-state index in [4.69, 9.17) is 4.74 Å². The number of nitrogens with zero attached hydrogens (tertiary/aromatic N) is 1.